The van der Waals surface area contributed by atoms with Crippen molar-refractivity contribution < 1.29 is 35.9 Å². The number of carbonyl (C=O) groups excluding carboxylic acids is 2. The van der Waals surface area contributed by atoms with E-state index >= 15 is 0 Å². The molecule has 2 rings (SSSR count). The highest BCUT2D eigenvalue weighted by molar-refractivity contribution is 7.91. The molecule has 10 nitrogen and oxygen atoms in total. The minimum absolute atomic E-state index is 0.268. The van der Waals surface area contributed by atoms with Gasteiger partial charge >= 0.3 is 11.9 Å². The molecule has 0 spiro atoms. The predicted molar refractivity (Wildman–Crippen MR) is 163 cm³/mol. The monoisotopic (exact) mass is 622 g/mol. The zero-order valence-electron chi connectivity index (χ0n) is 25.0. The summed E-state index contributed by atoms with van der Waals surface area (Å²) in [6, 6.07) is 16.8. The average molecular weight is 623 g/mol. The molecule has 0 aliphatic rings. The smallest absolute Gasteiger partial charge is 0.331 e. The fourth-order valence-electron chi connectivity index (χ4n) is 3.46. The molecule has 0 unspecified atom stereocenters. The Labute approximate surface area is 250 Å². The van der Waals surface area contributed by atoms with Gasteiger partial charge in [0.1, 0.15) is 13.2 Å². The SMILES string of the molecule is CC(C)(C)S(=O)(=O)N[C@@H](COC(=O)/C=C/C(=O)OC[C@@H](Cc1ccccc1)NS(=O)(=O)C(C)(C)C)Cc1ccccc1. The van der Waals surface area contributed by atoms with Crippen LogP contribution in [0.3, 0.4) is 0 Å². The molecule has 0 aromatic heterocycles. The Morgan fingerprint density at radius 3 is 1.24 bits per heavy atom. The molecule has 0 aliphatic heterocycles. The molecule has 0 saturated heterocycles. The molecule has 0 heterocycles. The molecule has 2 atom stereocenters. The molecule has 0 saturated carbocycles. The standard InChI is InChI=1S/C30H42N2O8S2/c1-29(2,3)41(35,36)31-25(19-23-13-9-7-10-14-23)21-39-27(33)17-18-28(34)40-22-26(20-24-15-11-8-12-16-24)32-42(37,38)30(4,5)6/h7-18,25-26,31-32H,19-22H2,1-6H3/b18-17+/t25-,26-/m1/s1. The number of esters is 2. The van der Waals surface area contributed by atoms with Gasteiger partial charge in [-0.3, -0.25) is 0 Å². The summed E-state index contributed by atoms with van der Waals surface area (Å²) >= 11 is 0. The van der Waals surface area contributed by atoms with Gasteiger partial charge in [0.05, 0.1) is 21.6 Å². The molecule has 0 aliphatic carbocycles. The number of nitrogens with one attached hydrogen (secondary N) is 2. The third-order valence-corrected chi connectivity index (χ3v) is 10.6. The highest BCUT2D eigenvalue weighted by atomic mass is 32.2. The van der Waals surface area contributed by atoms with E-state index in [4.69, 9.17) is 9.47 Å². The summed E-state index contributed by atoms with van der Waals surface area (Å²) in [5.41, 5.74) is 1.70. The lowest BCUT2D eigenvalue weighted by Gasteiger charge is -2.25. The molecule has 232 valence electrons. The number of benzene rings is 2. The number of carbonyl (C=O) groups is 2. The van der Waals surface area contributed by atoms with Gasteiger partial charge in [0.2, 0.25) is 20.0 Å². The predicted octanol–water partition coefficient (Wildman–Crippen LogP) is 3.29. The summed E-state index contributed by atoms with van der Waals surface area (Å²) in [4.78, 5) is 24.7. The third kappa shape index (κ3) is 11.7. The zero-order chi connectivity index (χ0) is 31.6. The van der Waals surface area contributed by atoms with E-state index in [-0.39, 0.29) is 26.1 Å². The van der Waals surface area contributed by atoms with Crippen LogP contribution in [0.4, 0.5) is 0 Å². The van der Waals surface area contributed by atoms with Crippen LogP contribution >= 0.6 is 0 Å². The maximum absolute atomic E-state index is 12.7. The molecular weight excluding hydrogens is 580 g/mol. The highest BCUT2D eigenvalue weighted by Crippen LogP contribution is 2.17. The molecule has 0 radical (unpaired) electrons. The van der Waals surface area contributed by atoms with Crippen molar-refractivity contribution in [1.29, 1.82) is 0 Å². The molecule has 42 heavy (non-hydrogen) atoms. The minimum Gasteiger partial charge on any atom is -0.461 e. The van der Waals surface area contributed by atoms with Crippen molar-refractivity contribution in [3.05, 3.63) is 83.9 Å². The van der Waals surface area contributed by atoms with E-state index in [0.29, 0.717) is 0 Å². The van der Waals surface area contributed by atoms with E-state index in [1.165, 1.54) is 0 Å². The Kier molecular flexibility index (Phi) is 12.5. The van der Waals surface area contributed by atoms with Crippen molar-refractivity contribution in [2.45, 2.75) is 76.0 Å². The summed E-state index contributed by atoms with van der Waals surface area (Å²) < 4.78 is 64.5. The van der Waals surface area contributed by atoms with Crippen molar-refractivity contribution in [2.75, 3.05) is 13.2 Å². The second kappa shape index (κ2) is 14.9. The van der Waals surface area contributed by atoms with E-state index in [2.05, 4.69) is 9.44 Å². The molecule has 12 heteroatoms. The average Bonchev–Trinajstić information content (AvgIpc) is 2.88. The molecule has 0 bridgehead atoms. The second-order valence-corrected chi connectivity index (χ2v) is 16.8. The van der Waals surface area contributed by atoms with Gasteiger partial charge in [0, 0.05) is 12.2 Å². The van der Waals surface area contributed by atoms with E-state index < -0.39 is 53.6 Å². The van der Waals surface area contributed by atoms with Crippen LogP contribution in [0.2, 0.25) is 0 Å². The van der Waals surface area contributed by atoms with Crippen LogP contribution in [0, 0.1) is 0 Å². The summed E-state index contributed by atoms with van der Waals surface area (Å²) in [5, 5.41) is 0. The summed E-state index contributed by atoms with van der Waals surface area (Å²) in [6.07, 6.45) is 2.32. The van der Waals surface area contributed by atoms with Crippen LogP contribution < -0.4 is 9.44 Å². The quantitative estimate of drug-likeness (QED) is 0.241. The summed E-state index contributed by atoms with van der Waals surface area (Å²) in [5.74, 6) is -1.73. The van der Waals surface area contributed by atoms with Gasteiger partial charge < -0.3 is 9.47 Å². The Hall–Kier alpha value is -3.06. The van der Waals surface area contributed by atoms with Gasteiger partial charge in [-0.15, -0.1) is 0 Å². The Morgan fingerprint density at radius 1 is 0.643 bits per heavy atom. The van der Waals surface area contributed by atoms with Crippen LogP contribution in [-0.2, 0) is 52.0 Å². The maximum Gasteiger partial charge on any atom is 0.331 e. The molecule has 0 amide bonds. The first-order chi connectivity index (χ1) is 19.4. The second-order valence-electron chi connectivity index (χ2n) is 11.8. The van der Waals surface area contributed by atoms with Crippen LogP contribution in [0.1, 0.15) is 52.7 Å². The molecular formula is C30H42N2O8S2. The highest BCUT2D eigenvalue weighted by Gasteiger charge is 2.33. The fourth-order valence-corrected chi connectivity index (χ4v) is 5.34. The van der Waals surface area contributed by atoms with Gasteiger partial charge in [-0.05, 0) is 65.5 Å². The van der Waals surface area contributed by atoms with Crippen LogP contribution in [0.5, 0.6) is 0 Å². The molecule has 2 aromatic carbocycles. The van der Waals surface area contributed by atoms with Crippen molar-refractivity contribution >= 4 is 32.0 Å². The number of hydrogen-bond acceptors (Lipinski definition) is 8. The lowest BCUT2D eigenvalue weighted by molar-refractivity contribution is -0.141. The van der Waals surface area contributed by atoms with Gasteiger partial charge in [-0.2, -0.15) is 0 Å². The number of hydrogen-bond donors (Lipinski definition) is 2. The first-order valence-corrected chi connectivity index (χ1v) is 16.5. The largest absolute Gasteiger partial charge is 0.461 e. The zero-order valence-corrected chi connectivity index (χ0v) is 26.6. The van der Waals surface area contributed by atoms with Crippen LogP contribution in [-0.4, -0.2) is 63.6 Å². The van der Waals surface area contributed by atoms with Crippen molar-refractivity contribution in [1.82, 2.24) is 9.44 Å². The molecule has 2 N–H and O–H groups in total. The lowest BCUT2D eigenvalue weighted by atomic mass is 10.1. The van der Waals surface area contributed by atoms with E-state index in [0.717, 1.165) is 23.3 Å². The van der Waals surface area contributed by atoms with Gasteiger partial charge in [0.15, 0.2) is 0 Å². The molecule has 2 aromatic rings. The first-order valence-electron chi connectivity index (χ1n) is 13.5. The van der Waals surface area contributed by atoms with E-state index in [1.54, 1.807) is 41.5 Å². The Morgan fingerprint density at radius 2 is 0.952 bits per heavy atom. The summed E-state index contributed by atoms with van der Waals surface area (Å²) in [7, 11) is -7.47. The van der Waals surface area contributed by atoms with Gasteiger partial charge in [-0.1, -0.05) is 60.7 Å². The van der Waals surface area contributed by atoms with Gasteiger partial charge in [-0.25, -0.2) is 35.9 Å². The van der Waals surface area contributed by atoms with Gasteiger partial charge in [0.25, 0.3) is 0 Å². The van der Waals surface area contributed by atoms with E-state index in [9.17, 15) is 26.4 Å². The van der Waals surface area contributed by atoms with Crippen LogP contribution in [0.15, 0.2) is 72.8 Å². The third-order valence-electron chi connectivity index (χ3n) is 6.11. The number of ether oxygens (including phenoxy) is 2. The first kappa shape index (κ1) is 35.1. The van der Waals surface area contributed by atoms with Crippen molar-refractivity contribution in [2.24, 2.45) is 0 Å². The summed E-state index contributed by atoms with van der Waals surface area (Å²) in [6.45, 7) is 8.84. The van der Waals surface area contributed by atoms with E-state index in [1.807, 2.05) is 60.7 Å². The maximum atomic E-state index is 12.7. The van der Waals surface area contributed by atoms with Crippen molar-refractivity contribution in [3.8, 4) is 0 Å². The van der Waals surface area contributed by atoms with Crippen LogP contribution in [0.25, 0.3) is 0 Å². The Bertz CT molecular complexity index is 1300. The Balaban J connectivity index is 2.01. The van der Waals surface area contributed by atoms with Crippen molar-refractivity contribution in [3.63, 3.8) is 0 Å². The molecule has 0 fully saturated rings. The number of sulfonamides is 2. The number of rotatable bonds is 14. The minimum atomic E-state index is -3.73. The topological polar surface area (TPSA) is 145 Å². The fraction of sp³-hybridized carbons (Fsp3) is 0.467. The lowest BCUT2D eigenvalue weighted by Crippen LogP contribution is -2.47. The normalized spacial score (nSPS) is 14.3.